The lowest BCUT2D eigenvalue weighted by Crippen LogP contribution is -2.58. The van der Waals surface area contributed by atoms with Crippen LogP contribution < -0.4 is 38.9 Å². The smallest absolute Gasteiger partial charge is 0.326 e. The number of rotatable bonds is 19. The fourth-order valence-electron chi connectivity index (χ4n) is 3.72. The van der Waals surface area contributed by atoms with Crippen molar-refractivity contribution in [3.05, 3.63) is 18.2 Å². The first-order chi connectivity index (χ1) is 18.5. The number of aromatic amines is 1. The summed E-state index contributed by atoms with van der Waals surface area (Å²) in [4.78, 5) is 61.5. The van der Waals surface area contributed by atoms with E-state index in [1.165, 1.54) is 12.5 Å². The molecule has 13 N–H and O–H groups in total. The molecule has 1 aromatic rings. The molecule has 39 heavy (non-hydrogen) atoms. The number of hydrogen-bond donors (Lipinski definition) is 9. The second-order valence-corrected chi connectivity index (χ2v) is 9.45. The molecule has 1 rings (SSSR count). The largest absolute Gasteiger partial charge is 0.480 e. The van der Waals surface area contributed by atoms with E-state index >= 15 is 0 Å². The van der Waals surface area contributed by atoms with Gasteiger partial charge in [0.1, 0.15) is 18.1 Å². The number of nitrogens with one attached hydrogen (secondary N) is 4. The minimum Gasteiger partial charge on any atom is -0.480 e. The molecule has 1 heterocycles. The Morgan fingerprint density at radius 1 is 1.03 bits per heavy atom. The molecule has 0 aromatic carbocycles. The fraction of sp³-hybridized carbons (Fsp3) is 0.667. The summed E-state index contributed by atoms with van der Waals surface area (Å²) in [7, 11) is 0. The van der Waals surface area contributed by atoms with Crippen molar-refractivity contribution in [3.63, 3.8) is 0 Å². The Labute approximate surface area is 228 Å². The number of aliphatic imine (C=N–C) groups is 1. The van der Waals surface area contributed by atoms with Gasteiger partial charge in [-0.25, -0.2) is 9.78 Å². The number of amides is 3. The maximum atomic E-state index is 13.3. The molecule has 5 unspecified atom stereocenters. The van der Waals surface area contributed by atoms with Crippen LogP contribution in [0.3, 0.4) is 0 Å². The minimum absolute atomic E-state index is 0.0384. The van der Waals surface area contributed by atoms with E-state index in [1.54, 1.807) is 6.92 Å². The second-order valence-electron chi connectivity index (χ2n) is 9.45. The molecule has 0 saturated carbocycles. The van der Waals surface area contributed by atoms with Crippen LogP contribution in [0.25, 0.3) is 0 Å². The van der Waals surface area contributed by atoms with Crippen LogP contribution in [0, 0.1) is 5.92 Å². The predicted molar refractivity (Wildman–Crippen MR) is 146 cm³/mol. The lowest BCUT2D eigenvalue weighted by atomic mass is 9.96. The van der Waals surface area contributed by atoms with Crippen LogP contribution in [0.5, 0.6) is 0 Å². The zero-order chi connectivity index (χ0) is 29.4. The van der Waals surface area contributed by atoms with Gasteiger partial charge in [-0.05, 0) is 38.1 Å². The molecule has 0 aliphatic heterocycles. The highest BCUT2D eigenvalue weighted by atomic mass is 16.4. The Hall–Kier alpha value is -3.72. The third-order valence-corrected chi connectivity index (χ3v) is 6.27. The van der Waals surface area contributed by atoms with Gasteiger partial charge in [-0.3, -0.25) is 19.4 Å². The molecule has 0 aliphatic carbocycles. The summed E-state index contributed by atoms with van der Waals surface area (Å²) in [6, 6.07) is -4.16. The van der Waals surface area contributed by atoms with Crippen molar-refractivity contribution in [3.8, 4) is 0 Å². The SMILES string of the molecule is CCC(C)C(NC(=O)C(N)CCCCN)C(=O)NC(CCCN=C(N)N)C(=O)NC(Cc1cnc[nH]1)C(=O)O. The Morgan fingerprint density at radius 3 is 2.28 bits per heavy atom. The number of unbranched alkanes of at least 4 members (excludes halogenated alkanes) is 1. The summed E-state index contributed by atoms with van der Waals surface area (Å²) in [5, 5.41) is 17.5. The van der Waals surface area contributed by atoms with Crippen molar-refractivity contribution in [1.82, 2.24) is 25.9 Å². The predicted octanol–water partition coefficient (Wildman–Crippen LogP) is -1.95. The Kier molecular flexibility index (Phi) is 15.1. The van der Waals surface area contributed by atoms with Gasteiger partial charge >= 0.3 is 5.97 Å². The first-order valence-corrected chi connectivity index (χ1v) is 13.1. The number of nitrogens with two attached hydrogens (primary N) is 4. The number of guanidine groups is 1. The zero-order valence-corrected chi connectivity index (χ0v) is 22.7. The van der Waals surface area contributed by atoms with Crippen molar-refractivity contribution < 1.29 is 24.3 Å². The summed E-state index contributed by atoms with van der Waals surface area (Å²) in [6.07, 6.45) is 5.63. The fourth-order valence-corrected chi connectivity index (χ4v) is 3.72. The maximum absolute atomic E-state index is 13.3. The van der Waals surface area contributed by atoms with E-state index in [0.717, 1.165) is 6.42 Å². The molecule has 1 aromatic heterocycles. The molecule has 0 aliphatic rings. The van der Waals surface area contributed by atoms with Gasteiger partial charge in [-0.2, -0.15) is 0 Å². The number of carboxylic acids is 1. The van der Waals surface area contributed by atoms with Gasteiger partial charge in [0, 0.05) is 24.9 Å². The molecule has 5 atom stereocenters. The van der Waals surface area contributed by atoms with E-state index in [0.29, 0.717) is 37.9 Å². The number of imidazole rings is 1. The summed E-state index contributed by atoms with van der Waals surface area (Å²) in [6.45, 7) is 4.35. The van der Waals surface area contributed by atoms with Crippen LogP contribution in [0.15, 0.2) is 17.5 Å². The van der Waals surface area contributed by atoms with E-state index < -0.39 is 47.9 Å². The molecular formula is C24H44N10O5. The second kappa shape index (κ2) is 17.7. The summed E-state index contributed by atoms with van der Waals surface area (Å²) >= 11 is 0. The van der Waals surface area contributed by atoms with Gasteiger partial charge in [0.15, 0.2) is 5.96 Å². The van der Waals surface area contributed by atoms with E-state index in [1.807, 2.05) is 6.92 Å². The Bertz CT molecular complexity index is 936. The number of hydrogen-bond acceptors (Lipinski definition) is 8. The Balaban J connectivity index is 3.03. The van der Waals surface area contributed by atoms with Crippen LogP contribution in [0.2, 0.25) is 0 Å². The molecular weight excluding hydrogens is 508 g/mol. The zero-order valence-electron chi connectivity index (χ0n) is 22.7. The molecule has 0 spiro atoms. The van der Waals surface area contributed by atoms with Crippen LogP contribution >= 0.6 is 0 Å². The quantitative estimate of drug-likeness (QED) is 0.0519. The normalized spacial score (nSPS) is 14.8. The lowest BCUT2D eigenvalue weighted by Gasteiger charge is -2.28. The van der Waals surface area contributed by atoms with Gasteiger partial charge in [0.05, 0.1) is 12.4 Å². The van der Waals surface area contributed by atoms with Gasteiger partial charge in [-0.1, -0.05) is 26.7 Å². The van der Waals surface area contributed by atoms with Gasteiger partial charge in [0.25, 0.3) is 0 Å². The van der Waals surface area contributed by atoms with E-state index in [-0.39, 0.29) is 31.3 Å². The number of aromatic nitrogens is 2. The van der Waals surface area contributed by atoms with Crippen LogP contribution in [0.1, 0.15) is 58.1 Å². The van der Waals surface area contributed by atoms with Crippen molar-refractivity contribution in [1.29, 1.82) is 0 Å². The summed E-state index contributed by atoms with van der Waals surface area (Å²) < 4.78 is 0. The topological polar surface area (TPSA) is 270 Å². The molecule has 0 radical (unpaired) electrons. The number of carbonyl (C=O) groups is 4. The minimum atomic E-state index is -1.27. The molecule has 0 bridgehead atoms. The van der Waals surface area contributed by atoms with Gasteiger partial charge < -0.3 is 49.0 Å². The van der Waals surface area contributed by atoms with Crippen molar-refractivity contribution in [2.45, 2.75) is 83.0 Å². The van der Waals surface area contributed by atoms with Crippen molar-refractivity contribution in [2.24, 2.45) is 33.8 Å². The first-order valence-electron chi connectivity index (χ1n) is 13.1. The molecule has 15 nitrogen and oxygen atoms in total. The van der Waals surface area contributed by atoms with E-state index in [2.05, 4.69) is 30.9 Å². The molecule has 0 saturated heterocycles. The third kappa shape index (κ3) is 12.6. The molecule has 15 heteroatoms. The number of aliphatic carboxylic acids is 1. The van der Waals surface area contributed by atoms with Gasteiger partial charge in [0.2, 0.25) is 17.7 Å². The molecule has 3 amide bonds. The van der Waals surface area contributed by atoms with Crippen LogP contribution in [0.4, 0.5) is 0 Å². The highest BCUT2D eigenvalue weighted by Gasteiger charge is 2.32. The lowest BCUT2D eigenvalue weighted by molar-refractivity contribution is -0.142. The summed E-state index contributed by atoms with van der Waals surface area (Å²) in [5.74, 6) is -3.42. The first kappa shape index (κ1) is 33.3. The van der Waals surface area contributed by atoms with Crippen LogP contribution in [-0.4, -0.2) is 82.0 Å². The van der Waals surface area contributed by atoms with Gasteiger partial charge in [-0.15, -0.1) is 0 Å². The average Bonchev–Trinajstić information content (AvgIpc) is 3.40. The Morgan fingerprint density at radius 2 is 1.72 bits per heavy atom. The third-order valence-electron chi connectivity index (χ3n) is 6.27. The maximum Gasteiger partial charge on any atom is 0.326 e. The van der Waals surface area contributed by atoms with Crippen molar-refractivity contribution in [2.75, 3.05) is 13.1 Å². The highest BCUT2D eigenvalue weighted by molar-refractivity contribution is 5.94. The number of nitrogens with zero attached hydrogens (tertiary/aromatic N) is 2. The van der Waals surface area contributed by atoms with Crippen molar-refractivity contribution >= 4 is 29.7 Å². The van der Waals surface area contributed by atoms with Crippen LogP contribution in [-0.2, 0) is 25.6 Å². The molecule has 220 valence electrons. The standard InChI is InChI=1S/C24H44N10O5/c1-3-14(2)19(34-20(35)16(26)7-4-5-9-25)22(37)32-17(8-6-10-30-24(27)28)21(36)33-18(23(38)39)11-15-12-29-13-31-15/h12-14,16-19H,3-11,25-26H2,1-2H3,(H,29,31)(H,32,37)(H,33,36)(H,34,35)(H,38,39)(H4,27,28,30). The number of H-pyrrole nitrogens is 1. The van der Waals surface area contributed by atoms with E-state index in [4.69, 9.17) is 22.9 Å². The number of carboxylic acid groups (broad SMARTS) is 1. The van der Waals surface area contributed by atoms with E-state index in [9.17, 15) is 24.3 Å². The average molecular weight is 553 g/mol. The molecule has 0 fully saturated rings. The highest BCUT2D eigenvalue weighted by Crippen LogP contribution is 2.11. The monoisotopic (exact) mass is 552 g/mol. The summed E-state index contributed by atoms with van der Waals surface area (Å²) in [5.41, 5.74) is 22.7. The number of carbonyl (C=O) groups excluding carboxylic acids is 3.